The summed E-state index contributed by atoms with van der Waals surface area (Å²) in [4.78, 5) is 41.6. The molecule has 1 aliphatic rings. The van der Waals surface area contributed by atoms with Crippen molar-refractivity contribution in [1.82, 2.24) is 9.80 Å². The number of amides is 3. The van der Waals surface area contributed by atoms with E-state index in [9.17, 15) is 14.4 Å². The van der Waals surface area contributed by atoms with Crippen LogP contribution >= 0.6 is 0 Å². The van der Waals surface area contributed by atoms with Gasteiger partial charge in [-0.25, -0.2) is 0 Å². The van der Waals surface area contributed by atoms with E-state index in [0.717, 1.165) is 36.1 Å². The quantitative estimate of drug-likeness (QED) is 0.765. The lowest BCUT2D eigenvalue weighted by atomic mass is 10.00. The number of nitrogens with zero attached hydrogens (tertiary/aromatic N) is 2. The van der Waals surface area contributed by atoms with E-state index < -0.39 is 6.04 Å². The zero-order chi connectivity index (χ0) is 21.5. The number of piperidine rings is 1. The minimum atomic E-state index is -0.709. The summed E-state index contributed by atoms with van der Waals surface area (Å²) in [6, 6.07) is 16.2. The summed E-state index contributed by atoms with van der Waals surface area (Å²) in [7, 11) is 1.61. The Morgan fingerprint density at radius 1 is 1.07 bits per heavy atom. The lowest BCUT2D eigenvalue weighted by Gasteiger charge is -2.36. The average Bonchev–Trinajstić information content (AvgIpc) is 2.76. The molecule has 0 bridgehead atoms. The molecule has 1 unspecified atom stereocenters. The standard InChI is InChI=1S/C24H29N3O3/c1-3-18-11-7-8-14-20(18)25-21(28)17-26(2)24(30)23(19-12-5-4-6-13-19)27-16-10-9-15-22(27)29/h4-8,11-14,23H,3,9-10,15-17H2,1-2H3,(H,25,28). The maximum atomic E-state index is 13.4. The molecule has 1 heterocycles. The Hall–Kier alpha value is -3.15. The molecule has 30 heavy (non-hydrogen) atoms. The van der Waals surface area contributed by atoms with Gasteiger partial charge in [-0.1, -0.05) is 55.5 Å². The summed E-state index contributed by atoms with van der Waals surface area (Å²) in [6.07, 6.45) is 2.98. The number of benzene rings is 2. The number of likely N-dealkylation sites (N-methyl/N-ethyl adjacent to an activating group) is 1. The van der Waals surface area contributed by atoms with E-state index in [4.69, 9.17) is 0 Å². The third-order valence-electron chi connectivity index (χ3n) is 5.45. The first-order valence-corrected chi connectivity index (χ1v) is 10.5. The third-order valence-corrected chi connectivity index (χ3v) is 5.45. The molecule has 1 atom stereocenters. The summed E-state index contributed by atoms with van der Waals surface area (Å²) in [6.45, 7) is 2.50. The molecule has 3 rings (SSSR count). The summed E-state index contributed by atoms with van der Waals surface area (Å²) < 4.78 is 0. The molecule has 158 valence electrons. The number of carbonyl (C=O) groups excluding carboxylic acids is 3. The van der Waals surface area contributed by atoms with Gasteiger partial charge in [0.2, 0.25) is 17.7 Å². The van der Waals surface area contributed by atoms with Gasteiger partial charge in [-0.3, -0.25) is 14.4 Å². The third kappa shape index (κ3) is 5.06. The Labute approximate surface area is 177 Å². The first-order chi connectivity index (χ1) is 14.5. The van der Waals surface area contributed by atoms with Gasteiger partial charge in [0.05, 0.1) is 6.54 Å². The molecular weight excluding hydrogens is 378 g/mol. The SMILES string of the molecule is CCc1ccccc1NC(=O)CN(C)C(=O)C(c1ccccc1)N1CCCCC1=O. The minimum absolute atomic E-state index is 0.0156. The molecule has 6 nitrogen and oxygen atoms in total. The van der Waals surface area contributed by atoms with Crippen LogP contribution < -0.4 is 5.32 Å². The fourth-order valence-corrected chi connectivity index (χ4v) is 3.83. The number of para-hydroxylation sites is 1. The Morgan fingerprint density at radius 3 is 2.47 bits per heavy atom. The van der Waals surface area contributed by atoms with E-state index in [1.807, 2.05) is 61.5 Å². The zero-order valence-electron chi connectivity index (χ0n) is 17.6. The fourth-order valence-electron chi connectivity index (χ4n) is 3.83. The highest BCUT2D eigenvalue weighted by molar-refractivity contribution is 5.96. The predicted molar refractivity (Wildman–Crippen MR) is 117 cm³/mol. The second kappa shape index (κ2) is 10.1. The van der Waals surface area contributed by atoms with Crippen LogP contribution in [0.15, 0.2) is 54.6 Å². The Bertz CT molecular complexity index is 898. The number of anilines is 1. The van der Waals surface area contributed by atoms with Crippen LogP contribution in [0.2, 0.25) is 0 Å². The molecule has 6 heteroatoms. The van der Waals surface area contributed by atoms with Crippen molar-refractivity contribution in [2.75, 3.05) is 25.5 Å². The maximum absolute atomic E-state index is 13.4. The van der Waals surface area contributed by atoms with Crippen LogP contribution in [0.1, 0.15) is 43.4 Å². The Morgan fingerprint density at radius 2 is 1.77 bits per heavy atom. The van der Waals surface area contributed by atoms with Crippen molar-refractivity contribution in [2.24, 2.45) is 0 Å². The molecule has 0 spiro atoms. The van der Waals surface area contributed by atoms with E-state index in [1.54, 1.807) is 11.9 Å². The van der Waals surface area contributed by atoms with Crippen LogP contribution in [-0.2, 0) is 20.8 Å². The Balaban J connectivity index is 1.75. The summed E-state index contributed by atoms with van der Waals surface area (Å²) >= 11 is 0. The number of aryl methyl sites for hydroxylation is 1. The van der Waals surface area contributed by atoms with Crippen molar-refractivity contribution in [3.8, 4) is 0 Å². The Kier molecular flexibility index (Phi) is 7.22. The summed E-state index contributed by atoms with van der Waals surface area (Å²) in [5.41, 5.74) is 2.57. The van der Waals surface area contributed by atoms with Crippen LogP contribution in [0, 0.1) is 0 Å². The summed E-state index contributed by atoms with van der Waals surface area (Å²) in [5.74, 6) is -0.530. The van der Waals surface area contributed by atoms with Crippen molar-refractivity contribution in [1.29, 1.82) is 0 Å². The number of nitrogens with one attached hydrogen (secondary N) is 1. The molecule has 0 radical (unpaired) electrons. The molecule has 1 saturated heterocycles. The number of hydrogen-bond donors (Lipinski definition) is 1. The highest BCUT2D eigenvalue weighted by Gasteiger charge is 2.34. The van der Waals surface area contributed by atoms with Crippen molar-refractivity contribution < 1.29 is 14.4 Å². The van der Waals surface area contributed by atoms with Crippen molar-refractivity contribution in [3.05, 3.63) is 65.7 Å². The van der Waals surface area contributed by atoms with Gasteiger partial charge in [0.15, 0.2) is 0 Å². The molecule has 2 aromatic carbocycles. The maximum Gasteiger partial charge on any atom is 0.250 e. The van der Waals surface area contributed by atoms with Crippen LogP contribution in [0.3, 0.4) is 0 Å². The predicted octanol–water partition coefficient (Wildman–Crippen LogP) is 3.40. The van der Waals surface area contributed by atoms with Crippen LogP contribution in [-0.4, -0.2) is 47.7 Å². The van der Waals surface area contributed by atoms with Gasteiger partial charge in [-0.15, -0.1) is 0 Å². The van der Waals surface area contributed by atoms with E-state index in [2.05, 4.69) is 5.32 Å². The molecule has 0 saturated carbocycles. The molecule has 2 aromatic rings. The van der Waals surface area contributed by atoms with Gasteiger partial charge in [0.1, 0.15) is 6.04 Å². The molecule has 1 aliphatic heterocycles. The van der Waals surface area contributed by atoms with Crippen LogP contribution in [0.4, 0.5) is 5.69 Å². The van der Waals surface area contributed by atoms with E-state index in [1.165, 1.54) is 4.90 Å². The zero-order valence-corrected chi connectivity index (χ0v) is 17.6. The number of carbonyl (C=O) groups is 3. The van der Waals surface area contributed by atoms with Gasteiger partial charge in [0, 0.05) is 25.7 Å². The van der Waals surface area contributed by atoms with Crippen molar-refractivity contribution in [3.63, 3.8) is 0 Å². The van der Waals surface area contributed by atoms with Crippen LogP contribution in [0.25, 0.3) is 0 Å². The van der Waals surface area contributed by atoms with Crippen molar-refractivity contribution in [2.45, 2.75) is 38.6 Å². The number of hydrogen-bond acceptors (Lipinski definition) is 3. The second-order valence-corrected chi connectivity index (χ2v) is 7.61. The molecule has 0 aromatic heterocycles. The number of likely N-dealkylation sites (tertiary alicyclic amines) is 1. The number of rotatable bonds is 7. The smallest absolute Gasteiger partial charge is 0.250 e. The molecule has 0 aliphatic carbocycles. The lowest BCUT2D eigenvalue weighted by molar-refractivity contribution is -0.147. The molecule has 3 amide bonds. The second-order valence-electron chi connectivity index (χ2n) is 7.61. The molecule has 1 fully saturated rings. The van der Waals surface area contributed by atoms with Gasteiger partial charge < -0.3 is 15.1 Å². The fraction of sp³-hybridized carbons (Fsp3) is 0.375. The molecular formula is C24H29N3O3. The van der Waals surface area contributed by atoms with Gasteiger partial charge in [-0.05, 0) is 36.5 Å². The summed E-state index contributed by atoms with van der Waals surface area (Å²) in [5, 5.41) is 2.90. The van der Waals surface area contributed by atoms with Crippen LogP contribution in [0.5, 0.6) is 0 Å². The van der Waals surface area contributed by atoms with Gasteiger partial charge in [-0.2, -0.15) is 0 Å². The van der Waals surface area contributed by atoms with E-state index >= 15 is 0 Å². The normalized spacial score (nSPS) is 14.9. The highest BCUT2D eigenvalue weighted by Crippen LogP contribution is 2.27. The van der Waals surface area contributed by atoms with E-state index in [0.29, 0.717) is 13.0 Å². The lowest BCUT2D eigenvalue weighted by Crippen LogP contribution is -2.47. The van der Waals surface area contributed by atoms with E-state index in [-0.39, 0.29) is 24.3 Å². The first kappa shape index (κ1) is 21.6. The monoisotopic (exact) mass is 407 g/mol. The van der Waals surface area contributed by atoms with Crippen molar-refractivity contribution >= 4 is 23.4 Å². The first-order valence-electron chi connectivity index (χ1n) is 10.5. The van der Waals surface area contributed by atoms with Gasteiger partial charge in [0.25, 0.3) is 0 Å². The minimum Gasteiger partial charge on any atom is -0.334 e. The van der Waals surface area contributed by atoms with Gasteiger partial charge >= 0.3 is 0 Å². The largest absolute Gasteiger partial charge is 0.334 e. The average molecular weight is 408 g/mol. The topological polar surface area (TPSA) is 69.7 Å². The molecule has 1 N–H and O–H groups in total. The highest BCUT2D eigenvalue weighted by atomic mass is 16.2.